The van der Waals surface area contributed by atoms with Crippen LogP contribution in [-0.2, 0) is 5.75 Å². The SMILES string of the molecule is O=C(Nc1ccc(CSc2ccc(Cl)cc2)cc1)c1ccc(Cl)cc1Cl. The van der Waals surface area contributed by atoms with Crippen molar-refractivity contribution in [1.29, 1.82) is 0 Å². The summed E-state index contributed by atoms with van der Waals surface area (Å²) in [6.45, 7) is 0. The summed E-state index contributed by atoms with van der Waals surface area (Å²) in [6, 6.07) is 20.3. The number of rotatable bonds is 5. The van der Waals surface area contributed by atoms with Crippen LogP contribution in [0, 0.1) is 0 Å². The molecule has 1 amide bonds. The van der Waals surface area contributed by atoms with Crippen LogP contribution in [0.1, 0.15) is 15.9 Å². The van der Waals surface area contributed by atoms with Crippen LogP contribution in [0.2, 0.25) is 15.1 Å². The Labute approximate surface area is 171 Å². The van der Waals surface area contributed by atoms with Gasteiger partial charge in [-0.3, -0.25) is 4.79 Å². The maximum Gasteiger partial charge on any atom is 0.257 e. The number of anilines is 1. The highest BCUT2D eigenvalue weighted by Crippen LogP contribution is 2.25. The fourth-order valence-electron chi connectivity index (χ4n) is 2.25. The highest BCUT2D eigenvalue weighted by molar-refractivity contribution is 7.98. The van der Waals surface area contributed by atoms with E-state index < -0.39 is 0 Å². The lowest BCUT2D eigenvalue weighted by Crippen LogP contribution is -2.12. The van der Waals surface area contributed by atoms with Crippen LogP contribution in [0.5, 0.6) is 0 Å². The molecule has 0 radical (unpaired) electrons. The van der Waals surface area contributed by atoms with E-state index in [2.05, 4.69) is 5.32 Å². The number of thioether (sulfide) groups is 1. The molecular weight excluding hydrogens is 409 g/mol. The summed E-state index contributed by atoms with van der Waals surface area (Å²) in [4.78, 5) is 13.5. The molecule has 2 nitrogen and oxygen atoms in total. The molecule has 0 fully saturated rings. The Balaban J connectivity index is 1.60. The quantitative estimate of drug-likeness (QED) is 0.441. The number of amides is 1. The second-order valence-electron chi connectivity index (χ2n) is 5.52. The molecular formula is C20H14Cl3NOS. The zero-order valence-corrected chi connectivity index (χ0v) is 16.6. The largest absolute Gasteiger partial charge is 0.322 e. The van der Waals surface area contributed by atoms with Gasteiger partial charge in [-0.15, -0.1) is 11.8 Å². The number of hydrogen-bond acceptors (Lipinski definition) is 2. The first-order valence-electron chi connectivity index (χ1n) is 7.75. The topological polar surface area (TPSA) is 29.1 Å². The Bertz CT molecular complexity index is 911. The van der Waals surface area contributed by atoms with Crippen molar-refractivity contribution < 1.29 is 4.79 Å². The zero-order chi connectivity index (χ0) is 18.5. The fourth-order valence-corrected chi connectivity index (χ4v) is 3.73. The van der Waals surface area contributed by atoms with Crippen molar-refractivity contribution in [2.75, 3.05) is 5.32 Å². The molecule has 0 heterocycles. The highest BCUT2D eigenvalue weighted by atomic mass is 35.5. The molecule has 26 heavy (non-hydrogen) atoms. The molecule has 132 valence electrons. The van der Waals surface area contributed by atoms with Gasteiger partial charge in [-0.05, 0) is 60.2 Å². The van der Waals surface area contributed by atoms with Gasteiger partial charge in [0, 0.05) is 26.4 Å². The van der Waals surface area contributed by atoms with Crippen LogP contribution < -0.4 is 5.32 Å². The van der Waals surface area contributed by atoms with Crippen LogP contribution >= 0.6 is 46.6 Å². The van der Waals surface area contributed by atoms with Crippen molar-refractivity contribution in [3.63, 3.8) is 0 Å². The Kier molecular flexibility index (Phi) is 6.49. The van der Waals surface area contributed by atoms with E-state index in [0.29, 0.717) is 21.3 Å². The number of carbonyl (C=O) groups excluding carboxylic acids is 1. The first-order chi connectivity index (χ1) is 12.5. The molecule has 0 saturated carbocycles. The summed E-state index contributed by atoms with van der Waals surface area (Å²) in [5, 5.41) is 4.39. The van der Waals surface area contributed by atoms with Crippen molar-refractivity contribution in [2.45, 2.75) is 10.6 Å². The fraction of sp³-hybridized carbons (Fsp3) is 0.0500. The van der Waals surface area contributed by atoms with Gasteiger partial charge in [-0.2, -0.15) is 0 Å². The third-order valence-corrected chi connectivity index (χ3v) is 5.49. The van der Waals surface area contributed by atoms with Crippen molar-refractivity contribution in [3.05, 3.63) is 92.9 Å². The number of benzene rings is 3. The van der Waals surface area contributed by atoms with Crippen molar-refractivity contribution >= 4 is 58.2 Å². The van der Waals surface area contributed by atoms with E-state index in [0.717, 1.165) is 21.2 Å². The van der Waals surface area contributed by atoms with E-state index in [4.69, 9.17) is 34.8 Å². The number of hydrogen-bond donors (Lipinski definition) is 1. The van der Waals surface area contributed by atoms with Gasteiger partial charge in [0.05, 0.1) is 10.6 Å². The lowest BCUT2D eigenvalue weighted by Gasteiger charge is -2.08. The van der Waals surface area contributed by atoms with E-state index in [1.807, 2.05) is 48.5 Å². The van der Waals surface area contributed by atoms with Crippen molar-refractivity contribution in [3.8, 4) is 0 Å². The Morgan fingerprint density at radius 3 is 2.15 bits per heavy atom. The maximum absolute atomic E-state index is 12.3. The van der Waals surface area contributed by atoms with E-state index in [1.165, 1.54) is 0 Å². The van der Waals surface area contributed by atoms with E-state index in [9.17, 15) is 4.79 Å². The summed E-state index contributed by atoms with van der Waals surface area (Å²) in [7, 11) is 0. The Hall–Kier alpha value is -1.65. The van der Waals surface area contributed by atoms with E-state index in [-0.39, 0.29) is 5.91 Å². The second kappa shape index (κ2) is 8.83. The number of halogens is 3. The lowest BCUT2D eigenvalue weighted by molar-refractivity contribution is 0.102. The second-order valence-corrected chi connectivity index (χ2v) is 7.85. The van der Waals surface area contributed by atoms with Gasteiger partial charge in [-0.1, -0.05) is 46.9 Å². The predicted molar refractivity (Wildman–Crippen MR) is 112 cm³/mol. The molecule has 0 unspecified atom stereocenters. The minimum Gasteiger partial charge on any atom is -0.322 e. The lowest BCUT2D eigenvalue weighted by atomic mass is 10.2. The molecule has 1 N–H and O–H groups in total. The minimum absolute atomic E-state index is 0.269. The third kappa shape index (κ3) is 5.18. The van der Waals surface area contributed by atoms with Crippen LogP contribution in [-0.4, -0.2) is 5.91 Å². The smallest absolute Gasteiger partial charge is 0.257 e. The van der Waals surface area contributed by atoms with Crippen LogP contribution in [0.15, 0.2) is 71.6 Å². The van der Waals surface area contributed by atoms with Gasteiger partial charge in [0.15, 0.2) is 0 Å². The third-order valence-electron chi connectivity index (χ3n) is 3.61. The number of nitrogens with one attached hydrogen (secondary N) is 1. The monoisotopic (exact) mass is 421 g/mol. The first kappa shape index (κ1) is 19.1. The highest BCUT2D eigenvalue weighted by Gasteiger charge is 2.11. The molecule has 0 aliphatic heterocycles. The molecule has 0 bridgehead atoms. The van der Waals surface area contributed by atoms with Gasteiger partial charge >= 0.3 is 0 Å². The molecule has 0 saturated heterocycles. The zero-order valence-electron chi connectivity index (χ0n) is 13.5. The molecule has 6 heteroatoms. The molecule has 0 atom stereocenters. The summed E-state index contributed by atoms with van der Waals surface area (Å²) in [6.07, 6.45) is 0. The van der Waals surface area contributed by atoms with E-state index >= 15 is 0 Å². The summed E-state index contributed by atoms with van der Waals surface area (Å²) < 4.78 is 0. The summed E-state index contributed by atoms with van der Waals surface area (Å²) in [5.74, 6) is 0.564. The normalized spacial score (nSPS) is 10.6. The standard InChI is InChI=1S/C20H14Cl3NOS/c21-14-3-8-17(9-4-14)26-12-13-1-6-16(7-2-13)24-20(25)18-10-5-15(22)11-19(18)23/h1-11H,12H2,(H,24,25). The van der Waals surface area contributed by atoms with Crippen LogP contribution in [0.25, 0.3) is 0 Å². The van der Waals surface area contributed by atoms with Crippen molar-refractivity contribution in [2.24, 2.45) is 0 Å². The predicted octanol–water partition coefficient (Wildman–Crippen LogP) is 7.19. The Morgan fingerprint density at radius 1 is 0.846 bits per heavy atom. The summed E-state index contributed by atoms with van der Waals surface area (Å²) in [5.41, 5.74) is 2.26. The van der Waals surface area contributed by atoms with E-state index in [1.54, 1.807) is 30.0 Å². The average molecular weight is 423 g/mol. The molecule has 3 aromatic rings. The number of carbonyl (C=O) groups is 1. The van der Waals surface area contributed by atoms with Gasteiger partial charge in [0.2, 0.25) is 0 Å². The molecule has 0 aliphatic carbocycles. The molecule has 0 aliphatic rings. The molecule has 0 spiro atoms. The first-order valence-corrected chi connectivity index (χ1v) is 9.87. The van der Waals surface area contributed by atoms with Crippen LogP contribution in [0.4, 0.5) is 5.69 Å². The minimum atomic E-state index is -0.269. The van der Waals surface area contributed by atoms with Gasteiger partial charge in [0.25, 0.3) is 5.91 Å². The Morgan fingerprint density at radius 2 is 1.50 bits per heavy atom. The molecule has 3 aromatic carbocycles. The molecule has 0 aromatic heterocycles. The van der Waals surface area contributed by atoms with Gasteiger partial charge < -0.3 is 5.32 Å². The van der Waals surface area contributed by atoms with Gasteiger partial charge in [0.1, 0.15) is 0 Å². The van der Waals surface area contributed by atoms with Crippen molar-refractivity contribution in [1.82, 2.24) is 0 Å². The average Bonchev–Trinajstić information content (AvgIpc) is 2.62. The van der Waals surface area contributed by atoms with Crippen LogP contribution in [0.3, 0.4) is 0 Å². The summed E-state index contributed by atoms with van der Waals surface area (Å²) >= 11 is 19.5. The maximum atomic E-state index is 12.3. The molecule has 3 rings (SSSR count). The van der Waals surface area contributed by atoms with Gasteiger partial charge in [-0.25, -0.2) is 0 Å².